The molecular weight excluding hydrogens is 345 g/mol. The number of rotatable bonds is 6. The van der Waals surface area contributed by atoms with Crippen LogP contribution in [0.3, 0.4) is 0 Å². The molecule has 0 bridgehead atoms. The maximum absolute atomic E-state index is 13.1. The number of pyridine rings is 1. The molecule has 3 aromatic rings. The lowest BCUT2D eigenvalue weighted by Crippen LogP contribution is -2.34. The van der Waals surface area contributed by atoms with Gasteiger partial charge in [-0.1, -0.05) is 12.1 Å². The molecule has 2 heterocycles. The van der Waals surface area contributed by atoms with Gasteiger partial charge in [0.15, 0.2) is 5.82 Å². The fourth-order valence-corrected chi connectivity index (χ4v) is 2.66. The average Bonchev–Trinajstić information content (AvgIpc) is 2.70. The van der Waals surface area contributed by atoms with Gasteiger partial charge in [0.1, 0.15) is 5.82 Å². The Morgan fingerprint density at radius 1 is 1.11 bits per heavy atom. The number of likely N-dealkylation sites (N-methyl/N-ethyl adjacent to an activating group) is 1. The van der Waals surface area contributed by atoms with Crippen LogP contribution >= 0.6 is 0 Å². The van der Waals surface area contributed by atoms with Crippen molar-refractivity contribution in [1.29, 1.82) is 0 Å². The highest BCUT2D eigenvalue weighted by molar-refractivity contribution is 5.93. The predicted octanol–water partition coefficient (Wildman–Crippen LogP) is 2.71. The maximum atomic E-state index is 13.1. The Morgan fingerprint density at radius 3 is 2.41 bits per heavy atom. The van der Waals surface area contributed by atoms with E-state index in [1.54, 1.807) is 30.6 Å². The molecule has 1 N–H and O–H groups in total. The standard InChI is InChI=1S/C20H20FN5O/c1-26(2)18(14-5-7-17(21)8-6-14)13-25-20(27)16-11-23-19(24-12-16)15-4-3-9-22-10-15/h3-12,18H,13H2,1-2H3,(H,25,27)/t18-/m1/s1. The second-order valence-electron chi connectivity index (χ2n) is 6.28. The van der Waals surface area contributed by atoms with Crippen LogP contribution in [-0.2, 0) is 0 Å². The van der Waals surface area contributed by atoms with E-state index in [4.69, 9.17) is 0 Å². The number of hydrogen-bond donors (Lipinski definition) is 1. The molecule has 2 aromatic heterocycles. The van der Waals surface area contributed by atoms with Gasteiger partial charge >= 0.3 is 0 Å². The van der Waals surface area contributed by atoms with Gasteiger partial charge in [-0.2, -0.15) is 0 Å². The smallest absolute Gasteiger partial charge is 0.254 e. The van der Waals surface area contributed by atoms with E-state index in [0.29, 0.717) is 17.9 Å². The Bertz CT molecular complexity index is 883. The molecule has 0 aliphatic carbocycles. The summed E-state index contributed by atoms with van der Waals surface area (Å²) in [5.41, 5.74) is 2.08. The SMILES string of the molecule is CN(C)[C@H](CNC(=O)c1cnc(-c2cccnc2)nc1)c1ccc(F)cc1. The molecule has 1 atom stereocenters. The molecule has 6 nitrogen and oxygen atoms in total. The number of halogens is 1. The molecule has 0 fully saturated rings. The van der Waals surface area contributed by atoms with Crippen molar-refractivity contribution in [3.63, 3.8) is 0 Å². The molecule has 138 valence electrons. The molecule has 0 saturated heterocycles. The van der Waals surface area contributed by atoms with Gasteiger partial charge in [-0.25, -0.2) is 14.4 Å². The van der Waals surface area contributed by atoms with Crippen LogP contribution in [0, 0.1) is 5.82 Å². The van der Waals surface area contributed by atoms with Crippen LogP contribution < -0.4 is 5.32 Å². The largest absolute Gasteiger partial charge is 0.350 e. The summed E-state index contributed by atoms with van der Waals surface area (Å²) in [6.45, 7) is 0.377. The minimum absolute atomic E-state index is 0.0786. The highest BCUT2D eigenvalue weighted by atomic mass is 19.1. The second-order valence-corrected chi connectivity index (χ2v) is 6.28. The van der Waals surface area contributed by atoms with Crippen molar-refractivity contribution in [1.82, 2.24) is 25.2 Å². The van der Waals surface area contributed by atoms with E-state index >= 15 is 0 Å². The van der Waals surface area contributed by atoms with Crippen molar-refractivity contribution < 1.29 is 9.18 Å². The van der Waals surface area contributed by atoms with Gasteiger partial charge < -0.3 is 10.2 Å². The summed E-state index contributed by atoms with van der Waals surface area (Å²) >= 11 is 0. The van der Waals surface area contributed by atoms with E-state index in [1.807, 2.05) is 25.1 Å². The van der Waals surface area contributed by atoms with Crippen molar-refractivity contribution >= 4 is 5.91 Å². The highest BCUT2D eigenvalue weighted by Gasteiger charge is 2.16. The molecular formula is C20H20FN5O. The number of carbonyl (C=O) groups is 1. The van der Waals surface area contributed by atoms with E-state index in [1.165, 1.54) is 24.5 Å². The van der Waals surface area contributed by atoms with Crippen LogP contribution in [0.25, 0.3) is 11.4 Å². The molecule has 0 unspecified atom stereocenters. The Labute approximate surface area is 157 Å². The summed E-state index contributed by atoms with van der Waals surface area (Å²) in [6.07, 6.45) is 6.33. The Morgan fingerprint density at radius 2 is 1.81 bits per heavy atom. The number of carbonyl (C=O) groups excluding carboxylic acids is 1. The lowest BCUT2D eigenvalue weighted by Gasteiger charge is -2.25. The topological polar surface area (TPSA) is 71.0 Å². The van der Waals surface area contributed by atoms with Gasteiger partial charge in [-0.3, -0.25) is 9.78 Å². The Hall–Kier alpha value is -3.19. The molecule has 0 spiro atoms. The third kappa shape index (κ3) is 4.71. The van der Waals surface area contributed by atoms with E-state index in [-0.39, 0.29) is 17.8 Å². The lowest BCUT2D eigenvalue weighted by atomic mass is 10.1. The molecule has 1 amide bonds. The monoisotopic (exact) mass is 365 g/mol. The van der Waals surface area contributed by atoms with Crippen LogP contribution in [0.5, 0.6) is 0 Å². The maximum Gasteiger partial charge on any atom is 0.254 e. The number of amides is 1. The molecule has 7 heteroatoms. The first kappa shape index (κ1) is 18.6. The first-order valence-corrected chi connectivity index (χ1v) is 8.47. The highest BCUT2D eigenvalue weighted by Crippen LogP contribution is 2.18. The predicted molar refractivity (Wildman–Crippen MR) is 100 cm³/mol. The molecule has 0 radical (unpaired) electrons. The zero-order valence-corrected chi connectivity index (χ0v) is 15.1. The summed E-state index contributed by atoms with van der Waals surface area (Å²) in [4.78, 5) is 26.9. The Balaban J connectivity index is 1.66. The summed E-state index contributed by atoms with van der Waals surface area (Å²) in [5.74, 6) is -0.0371. The third-order valence-corrected chi connectivity index (χ3v) is 4.17. The minimum atomic E-state index is -0.286. The van der Waals surface area contributed by atoms with E-state index in [2.05, 4.69) is 20.3 Å². The van der Waals surface area contributed by atoms with Crippen LogP contribution in [-0.4, -0.2) is 46.4 Å². The third-order valence-electron chi connectivity index (χ3n) is 4.17. The van der Waals surface area contributed by atoms with Gasteiger partial charge in [0.25, 0.3) is 5.91 Å². The van der Waals surface area contributed by atoms with E-state index < -0.39 is 0 Å². The second kappa shape index (κ2) is 8.46. The first-order valence-electron chi connectivity index (χ1n) is 8.47. The minimum Gasteiger partial charge on any atom is -0.350 e. The van der Waals surface area contributed by atoms with Crippen molar-refractivity contribution in [3.05, 3.63) is 78.1 Å². The average molecular weight is 365 g/mol. The number of benzene rings is 1. The van der Waals surface area contributed by atoms with Crippen LogP contribution in [0.15, 0.2) is 61.2 Å². The van der Waals surface area contributed by atoms with Gasteiger partial charge in [0, 0.05) is 36.9 Å². The number of nitrogens with one attached hydrogen (secondary N) is 1. The van der Waals surface area contributed by atoms with E-state index in [9.17, 15) is 9.18 Å². The summed E-state index contributed by atoms with van der Waals surface area (Å²) in [7, 11) is 3.82. The van der Waals surface area contributed by atoms with Crippen LogP contribution in [0.2, 0.25) is 0 Å². The summed E-state index contributed by atoms with van der Waals surface area (Å²) in [6, 6.07) is 9.85. The molecule has 1 aromatic carbocycles. The fraction of sp³-hybridized carbons (Fsp3) is 0.200. The van der Waals surface area contributed by atoms with Crippen LogP contribution in [0.4, 0.5) is 4.39 Å². The van der Waals surface area contributed by atoms with Crippen molar-refractivity contribution in [3.8, 4) is 11.4 Å². The normalized spacial score (nSPS) is 12.0. The number of hydrogen-bond acceptors (Lipinski definition) is 5. The zero-order valence-electron chi connectivity index (χ0n) is 15.1. The molecule has 3 rings (SSSR count). The summed E-state index contributed by atoms with van der Waals surface area (Å²) < 4.78 is 13.1. The Kier molecular flexibility index (Phi) is 5.83. The molecule has 0 aliphatic heterocycles. The molecule has 27 heavy (non-hydrogen) atoms. The van der Waals surface area contributed by atoms with Gasteiger partial charge in [-0.15, -0.1) is 0 Å². The number of aromatic nitrogens is 3. The summed E-state index contributed by atoms with van der Waals surface area (Å²) in [5, 5.41) is 2.89. The van der Waals surface area contributed by atoms with Gasteiger partial charge in [0.05, 0.1) is 11.6 Å². The van der Waals surface area contributed by atoms with Crippen molar-refractivity contribution in [2.45, 2.75) is 6.04 Å². The number of nitrogens with zero attached hydrogens (tertiary/aromatic N) is 4. The van der Waals surface area contributed by atoms with Gasteiger partial charge in [0.2, 0.25) is 0 Å². The molecule has 0 saturated carbocycles. The quantitative estimate of drug-likeness (QED) is 0.727. The van der Waals surface area contributed by atoms with Crippen molar-refractivity contribution in [2.24, 2.45) is 0 Å². The molecule has 0 aliphatic rings. The zero-order chi connectivity index (χ0) is 19.2. The van der Waals surface area contributed by atoms with Gasteiger partial charge in [-0.05, 0) is 43.9 Å². The van der Waals surface area contributed by atoms with Crippen LogP contribution in [0.1, 0.15) is 22.0 Å². The van der Waals surface area contributed by atoms with E-state index in [0.717, 1.165) is 11.1 Å². The van der Waals surface area contributed by atoms with Crippen molar-refractivity contribution in [2.75, 3.05) is 20.6 Å². The fourth-order valence-electron chi connectivity index (χ4n) is 2.66. The lowest BCUT2D eigenvalue weighted by molar-refractivity contribution is 0.0941. The first-order chi connectivity index (χ1) is 13.0.